The van der Waals surface area contributed by atoms with Crippen molar-refractivity contribution in [1.29, 1.82) is 0 Å². The first-order valence-corrected chi connectivity index (χ1v) is 8.92. The molecular weight excluding hydrogens is 360 g/mol. The molecule has 0 radical (unpaired) electrons. The molecule has 0 aliphatic heterocycles. The fourth-order valence-corrected chi connectivity index (χ4v) is 2.48. The molecule has 0 aliphatic rings. The molecule has 3 rings (SSSR count). The summed E-state index contributed by atoms with van der Waals surface area (Å²) in [5.74, 6) is -1.18. The van der Waals surface area contributed by atoms with Gasteiger partial charge in [-0.3, -0.25) is 9.78 Å². The molecule has 2 aromatic carbocycles. The second-order valence-corrected chi connectivity index (χ2v) is 6.05. The summed E-state index contributed by atoms with van der Waals surface area (Å²) in [6, 6.07) is 15.1. The van der Waals surface area contributed by atoms with Gasteiger partial charge in [-0.1, -0.05) is 37.6 Å². The van der Waals surface area contributed by atoms with Gasteiger partial charge in [0.15, 0.2) is 0 Å². The van der Waals surface area contributed by atoms with Crippen LogP contribution in [0.5, 0.6) is 0 Å². The molecule has 0 atom stereocenters. The van der Waals surface area contributed by atoms with E-state index in [0.29, 0.717) is 23.5 Å². The van der Waals surface area contributed by atoms with Gasteiger partial charge in [-0.15, -0.1) is 5.10 Å². The number of nitrogens with zero attached hydrogens (tertiary/aromatic N) is 2. The van der Waals surface area contributed by atoms with E-state index in [-0.39, 0.29) is 5.82 Å². The van der Waals surface area contributed by atoms with Gasteiger partial charge in [-0.25, -0.2) is 9.59 Å². The molecule has 0 saturated heterocycles. The third-order valence-electron chi connectivity index (χ3n) is 3.92. The monoisotopic (exact) mass is 380 g/mol. The van der Waals surface area contributed by atoms with Gasteiger partial charge in [0.25, 0.3) is 5.91 Å². The molecule has 3 aromatic rings. The highest BCUT2D eigenvalue weighted by molar-refractivity contribution is 6.02. The number of carbonyl (C=O) groups excluding carboxylic acids is 2. The number of aromatic nitrogens is 3. The first-order valence-electron chi connectivity index (χ1n) is 8.92. The summed E-state index contributed by atoms with van der Waals surface area (Å²) < 4.78 is 6.27. The number of hydrogen-bond donors (Lipinski definition) is 2. The minimum absolute atomic E-state index is 0.134. The number of anilines is 1. The average Bonchev–Trinajstić information content (AvgIpc) is 3.11. The molecule has 0 bridgehead atoms. The summed E-state index contributed by atoms with van der Waals surface area (Å²) in [5, 5.41) is 6.65. The summed E-state index contributed by atoms with van der Waals surface area (Å²) in [6.45, 7) is 2.36. The van der Waals surface area contributed by atoms with Crippen LogP contribution in [0.2, 0.25) is 0 Å². The number of hydrogen-bond acceptors (Lipinski definition) is 5. The van der Waals surface area contributed by atoms with Crippen LogP contribution < -0.4 is 11.0 Å². The number of para-hydroxylation sites is 1. The number of nitrogens with one attached hydrogen (secondary N) is 2. The van der Waals surface area contributed by atoms with Gasteiger partial charge in [0.05, 0.1) is 17.9 Å². The van der Waals surface area contributed by atoms with E-state index < -0.39 is 17.6 Å². The number of benzene rings is 2. The molecule has 2 N–H and O–H groups in total. The average molecular weight is 380 g/mol. The Balaban J connectivity index is 1.73. The minimum Gasteiger partial charge on any atom is -0.462 e. The molecule has 1 amide bonds. The predicted octanol–water partition coefficient (Wildman–Crippen LogP) is 2.77. The van der Waals surface area contributed by atoms with Crippen molar-refractivity contribution in [2.75, 3.05) is 11.9 Å². The molecule has 144 valence electrons. The molecule has 0 spiro atoms. The highest BCUT2D eigenvalue weighted by Gasteiger charge is 2.15. The van der Waals surface area contributed by atoms with Crippen LogP contribution >= 0.6 is 0 Å². The van der Waals surface area contributed by atoms with Crippen LogP contribution in [-0.4, -0.2) is 33.2 Å². The lowest BCUT2D eigenvalue weighted by Gasteiger charge is -2.07. The van der Waals surface area contributed by atoms with Crippen molar-refractivity contribution in [3.63, 3.8) is 0 Å². The predicted molar refractivity (Wildman–Crippen MR) is 104 cm³/mol. The van der Waals surface area contributed by atoms with Crippen molar-refractivity contribution >= 4 is 17.6 Å². The number of unbranched alkanes of at least 4 members (excludes halogenated alkanes) is 1. The highest BCUT2D eigenvalue weighted by Crippen LogP contribution is 2.13. The Morgan fingerprint density at radius 2 is 1.93 bits per heavy atom. The SMILES string of the molecule is CCCCOC(=O)c1cccc(NC(=O)c2nn(-c3ccccc3)c(=O)[nH]2)c1. The number of rotatable bonds is 7. The molecular formula is C20H20N4O4. The Labute approximate surface area is 161 Å². The molecule has 0 fully saturated rings. The number of aromatic amines is 1. The van der Waals surface area contributed by atoms with Crippen LogP contribution in [0.3, 0.4) is 0 Å². The molecule has 0 unspecified atom stereocenters. The lowest BCUT2D eigenvalue weighted by atomic mass is 10.2. The summed E-state index contributed by atoms with van der Waals surface area (Å²) in [7, 11) is 0. The summed E-state index contributed by atoms with van der Waals surface area (Å²) in [6.07, 6.45) is 1.72. The minimum atomic E-state index is -0.594. The van der Waals surface area contributed by atoms with Crippen LogP contribution in [0.4, 0.5) is 5.69 Å². The molecule has 1 heterocycles. The van der Waals surface area contributed by atoms with E-state index in [9.17, 15) is 14.4 Å². The number of ether oxygens (including phenoxy) is 1. The fourth-order valence-electron chi connectivity index (χ4n) is 2.48. The normalized spacial score (nSPS) is 10.5. The van der Waals surface area contributed by atoms with Crippen molar-refractivity contribution < 1.29 is 14.3 Å². The Kier molecular flexibility index (Phi) is 6.01. The van der Waals surface area contributed by atoms with Gasteiger partial charge in [-0.2, -0.15) is 4.68 Å². The lowest BCUT2D eigenvalue weighted by molar-refractivity contribution is 0.0499. The van der Waals surface area contributed by atoms with Crippen LogP contribution in [0.1, 0.15) is 40.7 Å². The molecule has 28 heavy (non-hydrogen) atoms. The largest absolute Gasteiger partial charge is 0.462 e. The van der Waals surface area contributed by atoms with Crippen LogP contribution in [0.15, 0.2) is 59.4 Å². The summed E-state index contributed by atoms with van der Waals surface area (Å²) in [5.41, 5.74) is 0.742. The lowest BCUT2D eigenvalue weighted by Crippen LogP contribution is -2.16. The number of H-pyrrole nitrogens is 1. The van der Waals surface area contributed by atoms with Crippen molar-refractivity contribution in [3.8, 4) is 5.69 Å². The van der Waals surface area contributed by atoms with Crippen molar-refractivity contribution in [1.82, 2.24) is 14.8 Å². The molecule has 0 aliphatic carbocycles. The van der Waals surface area contributed by atoms with Crippen LogP contribution in [-0.2, 0) is 4.74 Å². The van der Waals surface area contributed by atoms with Gasteiger partial charge in [0, 0.05) is 5.69 Å². The van der Waals surface area contributed by atoms with E-state index in [1.807, 2.05) is 13.0 Å². The maximum Gasteiger partial charge on any atom is 0.348 e. The zero-order chi connectivity index (χ0) is 19.9. The summed E-state index contributed by atoms with van der Waals surface area (Å²) >= 11 is 0. The second-order valence-electron chi connectivity index (χ2n) is 6.05. The quantitative estimate of drug-likeness (QED) is 0.484. The van der Waals surface area contributed by atoms with Crippen molar-refractivity contribution in [2.45, 2.75) is 19.8 Å². The van der Waals surface area contributed by atoms with E-state index in [2.05, 4.69) is 15.4 Å². The Morgan fingerprint density at radius 3 is 2.68 bits per heavy atom. The van der Waals surface area contributed by atoms with E-state index in [4.69, 9.17) is 4.74 Å². The van der Waals surface area contributed by atoms with E-state index >= 15 is 0 Å². The van der Waals surface area contributed by atoms with Gasteiger partial charge in [-0.05, 0) is 36.8 Å². The zero-order valence-corrected chi connectivity index (χ0v) is 15.3. The van der Waals surface area contributed by atoms with E-state index in [0.717, 1.165) is 17.5 Å². The van der Waals surface area contributed by atoms with Gasteiger partial charge >= 0.3 is 11.7 Å². The highest BCUT2D eigenvalue weighted by atomic mass is 16.5. The van der Waals surface area contributed by atoms with E-state index in [1.165, 1.54) is 6.07 Å². The number of amides is 1. The van der Waals surface area contributed by atoms with Gasteiger partial charge in [0.2, 0.25) is 5.82 Å². The van der Waals surface area contributed by atoms with Crippen molar-refractivity contribution in [3.05, 3.63) is 76.5 Å². The topological polar surface area (TPSA) is 106 Å². The Morgan fingerprint density at radius 1 is 1.14 bits per heavy atom. The molecule has 8 nitrogen and oxygen atoms in total. The third-order valence-corrected chi connectivity index (χ3v) is 3.92. The Bertz CT molecular complexity index is 1020. The first kappa shape index (κ1) is 19.1. The fraction of sp³-hybridized carbons (Fsp3) is 0.200. The van der Waals surface area contributed by atoms with Crippen LogP contribution in [0.25, 0.3) is 5.69 Å². The van der Waals surface area contributed by atoms with Crippen LogP contribution in [0, 0.1) is 0 Å². The van der Waals surface area contributed by atoms with Gasteiger partial charge < -0.3 is 10.1 Å². The molecule has 8 heteroatoms. The van der Waals surface area contributed by atoms with Gasteiger partial charge in [0.1, 0.15) is 0 Å². The smallest absolute Gasteiger partial charge is 0.348 e. The van der Waals surface area contributed by atoms with E-state index in [1.54, 1.807) is 42.5 Å². The second kappa shape index (κ2) is 8.81. The maximum atomic E-state index is 12.4. The standard InChI is InChI=1S/C20H20N4O4/c1-2-3-12-28-19(26)14-8-7-9-15(13-14)21-18(25)17-22-20(27)24(23-17)16-10-5-4-6-11-16/h4-11,13H,2-3,12H2,1H3,(H,21,25)(H,22,23,27). The first-order chi connectivity index (χ1) is 13.6. The molecule has 1 aromatic heterocycles. The summed E-state index contributed by atoms with van der Waals surface area (Å²) in [4.78, 5) is 39.0. The zero-order valence-electron chi connectivity index (χ0n) is 15.3. The molecule has 0 saturated carbocycles. The van der Waals surface area contributed by atoms with Crippen molar-refractivity contribution in [2.24, 2.45) is 0 Å². The Hall–Kier alpha value is -3.68. The third kappa shape index (κ3) is 4.53. The maximum absolute atomic E-state index is 12.4. The number of carbonyl (C=O) groups is 2. The number of esters is 1.